The van der Waals surface area contributed by atoms with Gasteiger partial charge in [0.2, 0.25) is 16.9 Å². The summed E-state index contributed by atoms with van der Waals surface area (Å²) in [6, 6.07) is 7.89. The molecule has 2 aromatic rings. The maximum atomic E-state index is 12.0. The van der Waals surface area contributed by atoms with Crippen LogP contribution in [0.4, 0.5) is 10.8 Å². The lowest BCUT2D eigenvalue weighted by Gasteiger charge is -2.15. The van der Waals surface area contributed by atoms with E-state index in [1.807, 2.05) is 24.3 Å². The molecule has 1 aromatic carbocycles. The summed E-state index contributed by atoms with van der Waals surface area (Å²) in [5, 5.41) is 11.6. The molecule has 0 aliphatic heterocycles. The van der Waals surface area contributed by atoms with Gasteiger partial charge in [-0.25, -0.2) is 0 Å². The van der Waals surface area contributed by atoms with E-state index >= 15 is 0 Å². The Morgan fingerprint density at radius 1 is 1.42 bits per heavy atom. The fourth-order valence-electron chi connectivity index (χ4n) is 2.13. The van der Waals surface area contributed by atoms with E-state index in [9.17, 15) is 9.59 Å². The molecule has 0 spiro atoms. The fraction of sp³-hybridized carbons (Fsp3) is 0.333. The Kier molecular flexibility index (Phi) is 5.72. The van der Waals surface area contributed by atoms with E-state index in [1.54, 1.807) is 11.8 Å². The van der Waals surface area contributed by atoms with Crippen molar-refractivity contribution < 1.29 is 9.59 Å². The highest BCUT2D eigenvalue weighted by molar-refractivity contribution is 14.1. The van der Waals surface area contributed by atoms with Gasteiger partial charge in [-0.2, -0.15) is 0 Å². The molecule has 2 amide bonds. The summed E-state index contributed by atoms with van der Waals surface area (Å²) in [4.78, 5) is 25.4. The van der Waals surface area contributed by atoms with Crippen LogP contribution in [0.2, 0.25) is 0 Å². The van der Waals surface area contributed by atoms with Crippen LogP contribution in [0, 0.1) is 3.57 Å². The van der Waals surface area contributed by atoms with Crippen LogP contribution in [0.15, 0.2) is 28.6 Å². The molecule has 0 radical (unpaired) electrons. The summed E-state index contributed by atoms with van der Waals surface area (Å²) in [7, 11) is 0. The summed E-state index contributed by atoms with van der Waals surface area (Å²) in [5.41, 5.74) is 0.780. The molecule has 1 saturated carbocycles. The number of thioether (sulfide) groups is 1. The Morgan fingerprint density at radius 2 is 2.21 bits per heavy atom. The molecule has 1 heterocycles. The summed E-state index contributed by atoms with van der Waals surface area (Å²) >= 11 is 4.88. The highest BCUT2D eigenvalue weighted by Crippen LogP contribution is 2.35. The number of benzene rings is 1. The van der Waals surface area contributed by atoms with Gasteiger partial charge in [0.1, 0.15) is 0 Å². The van der Waals surface area contributed by atoms with Crippen molar-refractivity contribution in [3.63, 3.8) is 0 Å². The van der Waals surface area contributed by atoms with Crippen LogP contribution in [0.5, 0.6) is 0 Å². The second-order valence-corrected chi connectivity index (χ2v) is 8.74. The Balaban J connectivity index is 1.55. The monoisotopic (exact) mass is 474 g/mol. The van der Waals surface area contributed by atoms with E-state index in [0.29, 0.717) is 9.47 Å². The number of aromatic nitrogens is 2. The lowest BCUT2D eigenvalue weighted by atomic mass is 10.3. The maximum Gasteiger partial charge on any atom is 0.234 e. The quantitative estimate of drug-likeness (QED) is 0.395. The zero-order chi connectivity index (χ0) is 17.1. The molecule has 1 aliphatic carbocycles. The molecule has 1 fully saturated rings. The molecule has 1 aliphatic rings. The first-order valence-corrected chi connectivity index (χ1v) is 10.2. The van der Waals surface area contributed by atoms with Gasteiger partial charge in [0.05, 0.1) is 5.75 Å². The third-order valence-corrected chi connectivity index (χ3v) is 6.02. The minimum Gasteiger partial charge on any atom is -0.325 e. The molecule has 0 saturated heterocycles. The van der Waals surface area contributed by atoms with Crippen LogP contribution in [0.25, 0.3) is 0 Å². The number of carbonyl (C=O) groups is 2. The standard InChI is InChI=1S/C15H15IN4O2S2/c1-9(21)20(12-5-6-12)14-18-19-15(24-14)23-8-13(22)17-11-4-2-3-10(16)7-11/h2-4,7,12H,5-6,8H2,1H3,(H,17,22). The second kappa shape index (κ2) is 7.79. The minimum atomic E-state index is -0.0932. The number of carbonyl (C=O) groups excluding carboxylic acids is 2. The van der Waals surface area contributed by atoms with E-state index in [0.717, 1.165) is 22.1 Å². The second-order valence-electron chi connectivity index (χ2n) is 5.32. The predicted octanol–water partition coefficient (Wildman–Crippen LogP) is 3.39. The third-order valence-electron chi connectivity index (χ3n) is 3.29. The van der Waals surface area contributed by atoms with Crippen molar-refractivity contribution in [2.45, 2.75) is 30.1 Å². The number of hydrogen-bond acceptors (Lipinski definition) is 6. The summed E-state index contributed by atoms with van der Waals surface area (Å²) in [5.74, 6) is 0.148. The van der Waals surface area contributed by atoms with Crippen molar-refractivity contribution in [2.75, 3.05) is 16.0 Å². The number of hydrogen-bond donors (Lipinski definition) is 1. The molecule has 1 N–H and O–H groups in total. The minimum absolute atomic E-state index is 0.0124. The Morgan fingerprint density at radius 3 is 2.88 bits per heavy atom. The van der Waals surface area contributed by atoms with Gasteiger partial charge in [-0.05, 0) is 53.6 Å². The topological polar surface area (TPSA) is 75.2 Å². The largest absolute Gasteiger partial charge is 0.325 e. The molecule has 1 aromatic heterocycles. The average Bonchev–Trinajstić information content (AvgIpc) is 3.23. The van der Waals surface area contributed by atoms with Gasteiger partial charge < -0.3 is 5.32 Å². The molecule has 3 rings (SSSR count). The van der Waals surface area contributed by atoms with Gasteiger partial charge in [0, 0.05) is 22.2 Å². The Hall–Kier alpha value is -1.20. The molecular formula is C15H15IN4O2S2. The van der Waals surface area contributed by atoms with Crippen molar-refractivity contribution in [1.82, 2.24) is 10.2 Å². The van der Waals surface area contributed by atoms with Crippen molar-refractivity contribution in [1.29, 1.82) is 0 Å². The molecule has 126 valence electrons. The lowest BCUT2D eigenvalue weighted by Crippen LogP contribution is -2.30. The smallest absolute Gasteiger partial charge is 0.234 e. The first-order valence-electron chi connectivity index (χ1n) is 7.34. The first kappa shape index (κ1) is 17.6. The van der Waals surface area contributed by atoms with Crippen molar-refractivity contribution in [2.24, 2.45) is 0 Å². The zero-order valence-electron chi connectivity index (χ0n) is 12.9. The molecule has 9 heteroatoms. The van der Waals surface area contributed by atoms with Crippen LogP contribution in [-0.2, 0) is 9.59 Å². The van der Waals surface area contributed by atoms with Crippen molar-refractivity contribution >= 4 is 68.3 Å². The lowest BCUT2D eigenvalue weighted by molar-refractivity contribution is -0.116. The molecule has 0 atom stereocenters. The number of nitrogens with one attached hydrogen (secondary N) is 1. The van der Waals surface area contributed by atoms with Crippen LogP contribution in [-0.4, -0.2) is 33.8 Å². The summed E-state index contributed by atoms with van der Waals surface area (Å²) in [6.45, 7) is 1.54. The van der Waals surface area contributed by atoms with E-state index in [2.05, 4.69) is 38.1 Å². The Labute approximate surface area is 161 Å². The van der Waals surface area contributed by atoms with Crippen LogP contribution in [0.3, 0.4) is 0 Å². The molecule has 24 heavy (non-hydrogen) atoms. The maximum absolute atomic E-state index is 12.0. The Bertz CT molecular complexity index is 763. The predicted molar refractivity (Wildman–Crippen MR) is 105 cm³/mol. The highest BCUT2D eigenvalue weighted by Gasteiger charge is 2.34. The highest BCUT2D eigenvalue weighted by atomic mass is 127. The first-order chi connectivity index (χ1) is 11.5. The third kappa shape index (κ3) is 4.67. The zero-order valence-corrected chi connectivity index (χ0v) is 16.7. The van der Waals surface area contributed by atoms with Crippen LogP contribution < -0.4 is 10.2 Å². The summed E-state index contributed by atoms with van der Waals surface area (Å²) < 4.78 is 1.76. The van der Waals surface area contributed by atoms with Crippen molar-refractivity contribution in [3.8, 4) is 0 Å². The van der Waals surface area contributed by atoms with E-state index in [4.69, 9.17) is 0 Å². The molecule has 0 unspecified atom stereocenters. The van der Waals surface area contributed by atoms with Crippen LogP contribution in [0.1, 0.15) is 19.8 Å². The van der Waals surface area contributed by atoms with E-state index in [1.165, 1.54) is 23.1 Å². The molecule has 0 bridgehead atoms. The fourth-order valence-corrected chi connectivity index (χ4v) is 4.43. The SMILES string of the molecule is CC(=O)N(c1nnc(SCC(=O)Nc2cccc(I)c2)s1)C1CC1. The summed E-state index contributed by atoms with van der Waals surface area (Å²) in [6.07, 6.45) is 2.03. The van der Waals surface area contributed by atoms with E-state index < -0.39 is 0 Å². The normalized spacial score (nSPS) is 13.6. The molecule has 6 nitrogen and oxygen atoms in total. The van der Waals surface area contributed by atoms with Gasteiger partial charge in [-0.3, -0.25) is 14.5 Å². The van der Waals surface area contributed by atoms with E-state index in [-0.39, 0.29) is 23.6 Å². The van der Waals surface area contributed by atoms with Crippen LogP contribution >= 0.6 is 45.7 Å². The van der Waals surface area contributed by atoms with Gasteiger partial charge >= 0.3 is 0 Å². The number of rotatable bonds is 6. The van der Waals surface area contributed by atoms with Gasteiger partial charge in [0.15, 0.2) is 4.34 Å². The average molecular weight is 474 g/mol. The molecular weight excluding hydrogens is 459 g/mol. The van der Waals surface area contributed by atoms with Gasteiger partial charge in [-0.15, -0.1) is 10.2 Å². The number of amides is 2. The van der Waals surface area contributed by atoms with Gasteiger partial charge in [-0.1, -0.05) is 29.2 Å². The number of nitrogens with zero attached hydrogens (tertiary/aromatic N) is 3. The van der Waals surface area contributed by atoms with Gasteiger partial charge in [0.25, 0.3) is 0 Å². The van der Waals surface area contributed by atoms with Crippen molar-refractivity contribution in [3.05, 3.63) is 27.8 Å². The number of anilines is 2. The number of halogens is 1.